The fourth-order valence-electron chi connectivity index (χ4n) is 3.79. The Morgan fingerprint density at radius 2 is 2.19 bits per heavy atom. The molecule has 36 heavy (non-hydrogen) atoms. The normalized spacial score (nSPS) is 20.7. The summed E-state index contributed by atoms with van der Waals surface area (Å²) in [7, 11) is 0. The Morgan fingerprint density at radius 1 is 1.42 bits per heavy atom. The molecule has 10 nitrogen and oxygen atoms in total. The first-order valence-electron chi connectivity index (χ1n) is 11.4. The molecule has 2 aliphatic rings. The number of hydrogen-bond acceptors (Lipinski definition) is 8. The van der Waals surface area contributed by atoms with Crippen molar-refractivity contribution in [1.29, 1.82) is 0 Å². The fraction of sp³-hybridized carbons (Fsp3) is 0.591. The van der Waals surface area contributed by atoms with Gasteiger partial charge in [0.2, 0.25) is 5.91 Å². The highest BCUT2D eigenvalue weighted by atomic mass is 35.5. The standard InChI is InChI=1S/C22H27ClF3N5O5/c1-3-31-15(4-7-35-16-8-14(23)9-28-20(16)31)10-27-18(32)5-6-34-12-13(2)36-17-11-29-30-21(33)19(17)22(24,25)26/h8-9,11,13,15,19H,3-7,10,12H2,1-2H3,(H,27,32)/t13-,15-,19?/m1/s1. The monoisotopic (exact) mass is 533 g/mol. The maximum atomic E-state index is 13.1. The molecule has 3 atom stereocenters. The minimum atomic E-state index is -4.84. The molecule has 14 heteroatoms. The molecule has 1 unspecified atom stereocenters. The summed E-state index contributed by atoms with van der Waals surface area (Å²) >= 11 is 6.01. The summed E-state index contributed by atoms with van der Waals surface area (Å²) in [6, 6.07) is 1.68. The number of likely N-dealkylation sites (N-methyl/N-ethyl adjacent to an activating group) is 1. The lowest BCUT2D eigenvalue weighted by Gasteiger charge is -2.30. The smallest absolute Gasteiger partial charge is 0.407 e. The maximum absolute atomic E-state index is 13.1. The predicted octanol–water partition coefficient (Wildman–Crippen LogP) is 3.65. The van der Waals surface area contributed by atoms with Crippen molar-refractivity contribution in [2.45, 2.75) is 45.0 Å². The largest absolute Gasteiger partial charge is 0.490 e. The van der Waals surface area contributed by atoms with Gasteiger partial charge in [-0.15, -0.1) is 5.11 Å². The van der Waals surface area contributed by atoms with Gasteiger partial charge in [0.25, 0.3) is 5.91 Å². The van der Waals surface area contributed by atoms with Gasteiger partial charge in [-0.1, -0.05) is 11.6 Å². The maximum Gasteiger partial charge on any atom is 0.407 e. The molecular formula is C22H27ClF3N5O5. The summed E-state index contributed by atoms with van der Waals surface area (Å²) in [5.74, 6) is -3.54. The van der Waals surface area contributed by atoms with Crippen LogP contribution < -0.4 is 15.0 Å². The molecule has 0 spiro atoms. The molecule has 0 fully saturated rings. The number of fused-ring (bicyclic) bond motifs is 1. The van der Waals surface area contributed by atoms with Gasteiger partial charge in [0.1, 0.15) is 11.9 Å². The Morgan fingerprint density at radius 3 is 2.92 bits per heavy atom. The number of nitrogens with one attached hydrogen (secondary N) is 1. The number of carbonyl (C=O) groups is 2. The van der Waals surface area contributed by atoms with Gasteiger partial charge in [-0.2, -0.15) is 18.3 Å². The van der Waals surface area contributed by atoms with Crippen LogP contribution in [-0.2, 0) is 19.1 Å². The Kier molecular flexibility index (Phi) is 9.49. The van der Waals surface area contributed by atoms with Crippen LogP contribution in [0, 0.1) is 5.92 Å². The molecule has 3 heterocycles. The molecule has 0 radical (unpaired) electrons. The second-order valence-corrected chi connectivity index (χ2v) is 8.61. The number of rotatable bonds is 10. The summed E-state index contributed by atoms with van der Waals surface area (Å²) in [5, 5.41) is 9.52. The van der Waals surface area contributed by atoms with Crippen LogP contribution in [-0.4, -0.2) is 68.0 Å². The van der Waals surface area contributed by atoms with Crippen molar-refractivity contribution in [1.82, 2.24) is 10.3 Å². The van der Waals surface area contributed by atoms with Crippen LogP contribution in [0.25, 0.3) is 0 Å². The molecule has 1 N–H and O–H groups in total. The molecule has 0 aromatic carbocycles. The summed E-state index contributed by atoms with van der Waals surface area (Å²) in [5.41, 5.74) is 0. The number of hydrogen-bond donors (Lipinski definition) is 1. The Bertz CT molecular complexity index is 1010. The van der Waals surface area contributed by atoms with E-state index >= 15 is 0 Å². The third-order valence-electron chi connectivity index (χ3n) is 5.46. The van der Waals surface area contributed by atoms with Gasteiger partial charge in [-0.25, -0.2) is 4.98 Å². The quantitative estimate of drug-likeness (QED) is 0.456. The average Bonchev–Trinajstić information content (AvgIpc) is 2.97. The second-order valence-electron chi connectivity index (χ2n) is 8.17. The lowest BCUT2D eigenvalue weighted by Crippen LogP contribution is -2.44. The SMILES string of the molecule is CCN1c2ncc(Cl)cc2OCC[C@@H]1CNC(=O)CCOC[C@@H](C)OC1=CN=NC(=O)C1C(F)(F)F. The molecule has 2 aliphatic heterocycles. The van der Waals surface area contributed by atoms with E-state index in [4.69, 9.17) is 25.8 Å². The molecule has 1 aromatic heterocycles. The van der Waals surface area contributed by atoms with Crippen LogP contribution in [0.15, 0.2) is 34.5 Å². The number of azo groups is 1. The van der Waals surface area contributed by atoms with Gasteiger partial charge < -0.3 is 24.4 Å². The number of nitrogens with zero attached hydrogens (tertiary/aromatic N) is 4. The molecule has 0 saturated heterocycles. The van der Waals surface area contributed by atoms with Gasteiger partial charge in [0.15, 0.2) is 17.5 Å². The first-order chi connectivity index (χ1) is 17.1. The minimum Gasteiger partial charge on any atom is -0.490 e. The minimum absolute atomic E-state index is 0.0339. The van der Waals surface area contributed by atoms with Gasteiger partial charge in [0, 0.05) is 38.2 Å². The predicted molar refractivity (Wildman–Crippen MR) is 123 cm³/mol. The number of anilines is 1. The Hall–Kier alpha value is -2.93. The van der Waals surface area contributed by atoms with E-state index in [0.29, 0.717) is 42.7 Å². The van der Waals surface area contributed by atoms with E-state index in [2.05, 4.69) is 20.5 Å². The van der Waals surface area contributed by atoms with Gasteiger partial charge in [0.05, 0.1) is 37.1 Å². The number of carbonyl (C=O) groups excluding carboxylic acids is 2. The molecule has 1 aromatic rings. The first-order valence-corrected chi connectivity index (χ1v) is 11.8. The van der Waals surface area contributed by atoms with Crippen molar-refractivity contribution >= 4 is 29.2 Å². The zero-order valence-electron chi connectivity index (χ0n) is 19.8. The fourth-order valence-corrected chi connectivity index (χ4v) is 3.93. The van der Waals surface area contributed by atoms with E-state index < -0.39 is 29.9 Å². The summed E-state index contributed by atoms with van der Waals surface area (Å²) in [6.07, 6.45) is -2.62. The van der Waals surface area contributed by atoms with E-state index in [1.165, 1.54) is 6.92 Å². The van der Waals surface area contributed by atoms with E-state index in [0.717, 1.165) is 6.20 Å². The van der Waals surface area contributed by atoms with Crippen LogP contribution >= 0.6 is 11.6 Å². The topological polar surface area (TPSA) is 115 Å². The van der Waals surface area contributed by atoms with E-state index in [1.807, 2.05) is 11.8 Å². The number of ether oxygens (including phenoxy) is 3. The van der Waals surface area contributed by atoms with Crippen LogP contribution in [0.4, 0.5) is 19.0 Å². The molecule has 0 saturated carbocycles. The third-order valence-corrected chi connectivity index (χ3v) is 5.67. The number of pyridine rings is 1. The molecule has 0 aliphatic carbocycles. The number of amides is 2. The van der Waals surface area contributed by atoms with Crippen LogP contribution in [0.2, 0.25) is 5.02 Å². The summed E-state index contributed by atoms with van der Waals surface area (Å²) in [6.45, 7) is 4.89. The van der Waals surface area contributed by atoms with E-state index in [1.54, 1.807) is 12.3 Å². The van der Waals surface area contributed by atoms with Crippen LogP contribution in [0.3, 0.4) is 0 Å². The average molecular weight is 534 g/mol. The lowest BCUT2D eigenvalue weighted by atomic mass is 10.1. The van der Waals surface area contributed by atoms with Crippen molar-refractivity contribution in [2.75, 3.05) is 37.8 Å². The zero-order valence-corrected chi connectivity index (χ0v) is 20.5. The number of halogens is 4. The van der Waals surface area contributed by atoms with Crippen molar-refractivity contribution in [3.63, 3.8) is 0 Å². The zero-order chi connectivity index (χ0) is 26.3. The van der Waals surface area contributed by atoms with E-state index in [-0.39, 0.29) is 31.6 Å². The highest BCUT2D eigenvalue weighted by Gasteiger charge is 2.50. The van der Waals surface area contributed by atoms with Crippen molar-refractivity contribution in [2.24, 2.45) is 16.1 Å². The molecule has 2 amide bonds. The van der Waals surface area contributed by atoms with Crippen molar-refractivity contribution in [3.8, 4) is 5.75 Å². The molecule has 3 rings (SSSR count). The highest BCUT2D eigenvalue weighted by Crippen LogP contribution is 2.36. The van der Waals surface area contributed by atoms with Gasteiger partial charge in [-0.3, -0.25) is 9.59 Å². The number of alkyl halides is 3. The Balaban J connectivity index is 1.41. The van der Waals surface area contributed by atoms with Gasteiger partial charge in [-0.05, 0) is 13.8 Å². The third kappa shape index (κ3) is 7.29. The lowest BCUT2D eigenvalue weighted by molar-refractivity contribution is -0.183. The summed E-state index contributed by atoms with van der Waals surface area (Å²) in [4.78, 5) is 30.2. The number of aromatic nitrogens is 1. The molecular weight excluding hydrogens is 507 g/mol. The van der Waals surface area contributed by atoms with E-state index in [9.17, 15) is 22.8 Å². The van der Waals surface area contributed by atoms with Crippen molar-refractivity contribution < 1.29 is 37.0 Å². The molecule has 198 valence electrons. The second kappa shape index (κ2) is 12.3. The van der Waals surface area contributed by atoms with Crippen molar-refractivity contribution in [3.05, 3.63) is 29.2 Å². The highest BCUT2D eigenvalue weighted by molar-refractivity contribution is 6.30. The van der Waals surface area contributed by atoms with Gasteiger partial charge >= 0.3 is 6.18 Å². The first kappa shape index (κ1) is 27.7. The molecule has 0 bridgehead atoms. The van der Waals surface area contributed by atoms with Crippen LogP contribution in [0.1, 0.15) is 26.7 Å². The summed E-state index contributed by atoms with van der Waals surface area (Å²) < 4.78 is 55.7. The Labute approximate surface area is 210 Å². The van der Waals surface area contributed by atoms with Crippen LogP contribution in [0.5, 0.6) is 5.75 Å².